The number of rotatable bonds is 3. The second-order valence-electron chi connectivity index (χ2n) is 5.16. The quantitative estimate of drug-likeness (QED) is 0.923. The van der Waals surface area contributed by atoms with Crippen molar-refractivity contribution in [2.45, 2.75) is 6.42 Å². The van der Waals surface area contributed by atoms with Gasteiger partial charge in [0.25, 0.3) is 0 Å². The maximum Gasteiger partial charge on any atom is 0.340 e. The molecule has 0 atom stereocenters. The third-order valence-electron chi connectivity index (χ3n) is 3.64. The fraction of sp³-hybridized carbons (Fsp3) is 0.250. The number of anilines is 1. The van der Waals surface area contributed by atoms with Crippen molar-refractivity contribution in [1.29, 1.82) is 0 Å². The van der Waals surface area contributed by atoms with E-state index in [4.69, 9.17) is 20.8 Å². The Hall–Kier alpha value is -2.67. The summed E-state index contributed by atoms with van der Waals surface area (Å²) in [7, 11) is 1.50. The molecule has 1 aliphatic rings. The van der Waals surface area contributed by atoms with Gasteiger partial charge in [0.2, 0.25) is 0 Å². The Bertz CT molecular complexity index is 748. The molecule has 3 rings (SSSR count). The van der Waals surface area contributed by atoms with E-state index in [1.165, 1.54) is 23.4 Å². The zero-order chi connectivity index (χ0) is 17.1. The molecule has 7 nitrogen and oxygen atoms in total. The molecular weight excluding hydrogens is 334 g/mol. The van der Waals surface area contributed by atoms with Crippen LogP contribution in [0.1, 0.15) is 17.0 Å². The van der Waals surface area contributed by atoms with Gasteiger partial charge in [-0.2, -0.15) is 0 Å². The molecular formula is C16H16ClN3O4. The highest BCUT2D eigenvalue weighted by Crippen LogP contribution is 2.28. The van der Waals surface area contributed by atoms with E-state index < -0.39 is 6.03 Å². The first-order valence-electron chi connectivity index (χ1n) is 7.37. The predicted molar refractivity (Wildman–Crippen MR) is 88.1 cm³/mol. The summed E-state index contributed by atoms with van der Waals surface area (Å²) in [6.07, 6.45) is 2.11. The third kappa shape index (κ3) is 3.16. The average molecular weight is 350 g/mol. The molecule has 3 amide bonds. The van der Waals surface area contributed by atoms with Gasteiger partial charge in [0.05, 0.1) is 19.1 Å². The molecule has 24 heavy (non-hydrogen) atoms. The lowest BCUT2D eigenvalue weighted by molar-refractivity contribution is 0.0374. The number of hydrogen-bond acceptors (Lipinski definition) is 4. The molecule has 1 aromatic heterocycles. The number of urea groups is 1. The minimum absolute atomic E-state index is 0.190. The highest BCUT2D eigenvalue weighted by atomic mass is 35.5. The number of methoxy groups -OCH3 is 1. The van der Waals surface area contributed by atoms with Crippen LogP contribution >= 0.6 is 11.6 Å². The SMILES string of the molecule is COc1ccc(Cl)cc1NC(=O)N1CCCN1C(=O)c1ccco1. The summed E-state index contributed by atoms with van der Waals surface area (Å²) < 4.78 is 10.3. The van der Waals surface area contributed by atoms with E-state index in [-0.39, 0.29) is 11.7 Å². The van der Waals surface area contributed by atoms with Gasteiger partial charge in [0.1, 0.15) is 5.75 Å². The average Bonchev–Trinajstić information content (AvgIpc) is 3.26. The number of benzene rings is 1. The minimum atomic E-state index is -0.437. The van der Waals surface area contributed by atoms with Crippen molar-refractivity contribution in [3.8, 4) is 5.75 Å². The second kappa shape index (κ2) is 6.84. The van der Waals surface area contributed by atoms with Crippen molar-refractivity contribution < 1.29 is 18.7 Å². The van der Waals surface area contributed by atoms with Gasteiger partial charge >= 0.3 is 11.9 Å². The first-order chi connectivity index (χ1) is 11.6. The fourth-order valence-corrected chi connectivity index (χ4v) is 2.69. The Labute approximate surface area is 143 Å². The van der Waals surface area contributed by atoms with E-state index in [0.29, 0.717) is 36.0 Å². The number of nitrogens with zero attached hydrogens (tertiary/aromatic N) is 2. The van der Waals surface area contributed by atoms with Gasteiger partial charge in [-0.05, 0) is 36.8 Å². The van der Waals surface area contributed by atoms with Crippen LogP contribution in [0.25, 0.3) is 0 Å². The van der Waals surface area contributed by atoms with Crippen LogP contribution in [0.2, 0.25) is 5.02 Å². The number of carbonyl (C=O) groups is 2. The van der Waals surface area contributed by atoms with Crippen molar-refractivity contribution in [1.82, 2.24) is 10.0 Å². The molecule has 0 bridgehead atoms. The molecule has 1 aromatic carbocycles. The van der Waals surface area contributed by atoms with E-state index in [2.05, 4.69) is 5.32 Å². The summed E-state index contributed by atoms with van der Waals surface area (Å²) in [5.74, 6) is 0.316. The standard InChI is InChI=1S/C16H16ClN3O4/c1-23-13-6-5-11(17)10-12(13)18-16(22)20-8-3-7-19(20)15(21)14-4-2-9-24-14/h2,4-6,9-10H,3,7-8H2,1H3,(H,18,22). The first-order valence-corrected chi connectivity index (χ1v) is 7.75. The van der Waals surface area contributed by atoms with Crippen LogP contribution in [-0.4, -0.2) is 42.2 Å². The molecule has 0 aliphatic carbocycles. The topological polar surface area (TPSA) is 75.0 Å². The first kappa shape index (κ1) is 16.2. The van der Waals surface area contributed by atoms with E-state index in [9.17, 15) is 9.59 Å². The second-order valence-corrected chi connectivity index (χ2v) is 5.59. The molecule has 1 fully saturated rings. The lowest BCUT2D eigenvalue weighted by Gasteiger charge is -2.27. The van der Waals surface area contributed by atoms with E-state index in [1.54, 1.807) is 30.3 Å². The molecule has 0 saturated carbocycles. The molecule has 2 aromatic rings. The van der Waals surface area contributed by atoms with Gasteiger partial charge in [0.15, 0.2) is 5.76 Å². The maximum absolute atomic E-state index is 12.6. The van der Waals surface area contributed by atoms with Crippen LogP contribution in [0.4, 0.5) is 10.5 Å². The number of halogens is 1. The number of furan rings is 1. The van der Waals surface area contributed by atoms with Crippen LogP contribution in [-0.2, 0) is 0 Å². The Kier molecular flexibility index (Phi) is 4.61. The summed E-state index contributed by atoms with van der Waals surface area (Å²) in [6.45, 7) is 0.876. The normalized spacial score (nSPS) is 13.9. The number of ether oxygens (including phenoxy) is 1. The highest BCUT2D eigenvalue weighted by molar-refractivity contribution is 6.31. The number of hydrogen-bond donors (Lipinski definition) is 1. The minimum Gasteiger partial charge on any atom is -0.495 e. The Balaban J connectivity index is 1.77. The Morgan fingerprint density at radius 2 is 2.04 bits per heavy atom. The van der Waals surface area contributed by atoms with Crippen molar-refractivity contribution in [3.05, 3.63) is 47.4 Å². The summed E-state index contributed by atoms with van der Waals surface area (Å²) in [5, 5.41) is 5.91. The molecule has 8 heteroatoms. The summed E-state index contributed by atoms with van der Waals surface area (Å²) in [4.78, 5) is 25.0. The molecule has 0 unspecified atom stereocenters. The van der Waals surface area contributed by atoms with Gasteiger partial charge in [0, 0.05) is 18.1 Å². The van der Waals surface area contributed by atoms with Gasteiger partial charge in [-0.15, -0.1) is 0 Å². The van der Waals surface area contributed by atoms with Gasteiger partial charge in [-0.1, -0.05) is 11.6 Å². The van der Waals surface area contributed by atoms with Crippen LogP contribution in [0, 0.1) is 0 Å². The number of hydrazine groups is 1. The van der Waals surface area contributed by atoms with E-state index in [1.807, 2.05) is 0 Å². The molecule has 1 N–H and O–H groups in total. The fourth-order valence-electron chi connectivity index (χ4n) is 2.52. The lowest BCUT2D eigenvalue weighted by Crippen LogP contribution is -2.46. The molecule has 1 aliphatic heterocycles. The molecule has 0 radical (unpaired) electrons. The monoisotopic (exact) mass is 349 g/mol. The van der Waals surface area contributed by atoms with E-state index >= 15 is 0 Å². The van der Waals surface area contributed by atoms with Crippen LogP contribution in [0.3, 0.4) is 0 Å². The summed E-state index contributed by atoms with van der Waals surface area (Å²) in [5.41, 5.74) is 0.437. The van der Waals surface area contributed by atoms with Gasteiger partial charge in [-0.25, -0.2) is 14.8 Å². The zero-order valence-corrected chi connectivity index (χ0v) is 13.7. The van der Waals surface area contributed by atoms with Crippen LogP contribution in [0.5, 0.6) is 5.75 Å². The van der Waals surface area contributed by atoms with Gasteiger partial charge < -0.3 is 14.5 Å². The highest BCUT2D eigenvalue weighted by Gasteiger charge is 2.32. The molecule has 1 saturated heterocycles. The maximum atomic E-state index is 12.6. The predicted octanol–water partition coefficient (Wildman–Crippen LogP) is 3.24. The van der Waals surface area contributed by atoms with Crippen LogP contribution in [0.15, 0.2) is 41.0 Å². The number of carbonyl (C=O) groups excluding carboxylic acids is 2. The lowest BCUT2D eigenvalue weighted by atomic mass is 10.3. The Morgan fingerprint density at radius 1 is 1.25 bits per heavy atom. The van der Waals surface area contributed by atoms with Crippen molar-refractivity contribution >= 4 is 29.2 Å². The molecule has 0 spiro atoms. The van der Waals surface area contributed by atoms with Crippen LogP contribution < -0.4 is 10.1 Å². The van der Waals surface area contributed by atoms with Crippen molar-refractivity contribution in [3.63, 3.8) is 0 Å². The number of nitrogens with one attached hydrogen (secondary N) is 1. The van der Waals surface area contributed by atoms with Gasteiger partial charge in [-0.3, -0.25) is 4.79 Å². The summed E-state index contributed by atoms with van der Waals surface area (Å²) >= 11 is 5.97. The van der Waals surface area contributed by atoms with Crippen molar-refractivity contribution in [2.75, 3.05) is 25.5 Å². The zero-order valence-electron chi connectivity index (χ0n) is 13.0. The number of amides is 3. The molecule has 126 valence electrons. The van der Waals surface area contributed by atoms with E-state index in [0.717, 1.165) is 0 Å². The Morgan fingerprint density at radius 3 is 2.75 bits per heavy atom. The smallest absolute Gasteiger partial charge is 0.340 e. The summed E-state index contributed by atoms with van der Waals surface area (Å²) in [6, 6.07) is 7.67. The largest absolute Gasteiger partial charge is 0.495 e. The third-order valence-corrected chi connectivity index (χ3v) is 3.87. The molecule has 2 heterocycles. The van der Waals surface area contributed by atoms with Crippen molar-refractivity contribution in [2.24, 2.45) is 0 Å².